The van der Waals surface area contributed by atoms with E-state index in [2.05, 4.69) is 13.5 Å². The van der Waals surface area contributed by atoms with Crippen LogP contribution in [0.25, 0.3) is 0 Å². The molecule has 0 radical (unpaired) electrons. The number of nitrogens with zero attached hydrogens (tertiary/aromatic N) is 1. The van der Waals surface area contributed by atoms with Gasteiger partial charge in [0.1, 0.15) is 6.54 Å². The molecule has 2 N–H and O–H groups in total. The number of unbranched alkanes of at least 4 members (excludes halogenated alkanes) is 9. The zero-order chi connectivity index (χ0) is 16.8. The fourth-order valence-corrected chi connectivity index (χ4v) is 3.22. The first-order valence-electron chi connectivity index (χ1n) is 9.34. The van der Waals surface area contributed by atoms with Crippen LogP contribution in [0.4, 0.5) is 0 Å². The Morgan fingerprint density at radius 2 is 1.23 bits per heavy atom. The number of quaternary nitrogens is 1. The molecule has 0 rings (SSSR count). The first kappa shape index (κ1) is 21.6. The van der Waals surface area contributed by atoms with Crippen LogP contribution in [-0.4, -0.2) is 40.2 Å². The highest BCUT2D eigenvalue weighted by Crippen LogP contribution is 2.20. The van der Waals surface area contributed by atoms with Gasteiger partial charge in [0.2, 0.25) is 0 Å². The second kappa shape index (κ2) is 13.1. The summed E-state index contributed by atoms with van der Waals surface area (Å²) in [6.07, 6.45) is 13.7. The van der Waals surface area contributed by atoms with E-state index in [-0.39, 0.29) is 0 Å². The number of aliphatic hydroxyl groups is 2. The van der Waals surface area contributed by atoms with Crippen molar-refractivity contribution >= 4 is 0 Å². The Bertz CT molecular complexity index is 256. The van der Waals surface area contributed by atoms with Crippen molar-refractivity contribution in [3.63, 3.8) is 0 Å². The third-order valence-corrected chi connectivity index (χ3v) is 4.89. The smallest absolute Gasteiger partial charge is 0.189 e. The Morgan fingerprint density at radius 1 is 0.818 bits per heavy atom. The molecule has 3 heteroatoms. The van der Waals surface area contributed by atoms with Crippen molar-refractivity contribution in [1.82, 2.24) is 0 Å². The van der Waals surface area contributed by atoms with E-state index < -0.39 is 12.5 Å². The fourth-order valence-electron chi connectivity index (χ4n) is 3.22. The topological polar surface area (TPSA) is 40.5 Å². The molecule has 0 saturated heterocycles. The molecule has 2 unspecified atom stereocenters. The minimum Gasteiger partial charge on any atom is -0.345 e. The normalized spacial score (nSPS) is 17.0. The molecule has 132 valence electrons. The van der Waals surface area contributed by atoms with Gasteiger partial charge in [0.25, 0.3) is 0 Å². The van der Waals surface area contributed by atoms with Gasteiger partial charge in [-0.2, -0.15) is 0 Å². The maximum absolute atomic E-state index is 10.1. The second-order valence-corrected chi connectivity index (χ2v) is 6.74. The lowest BCUT2D eigenvalue weighted by Crippen LogP contribution is -2.60. The number of rotatable bonds is 15. The van der Waals surface area contributed by atoms with Crippen LogP contribution in [-0.2, 0) is 0 Å². The molecule has 0 aliphatic carbocycles. The van der Waals surface area contributed by atoms with Gasteiger partial charge in [-0.15, -0.1) is 0 Å². The molecule has 2 atom stereocenters. The predicted octanol–water partition coefficient (Wildman–Crippen LogP) is 4.59. The van der Waals surface area contributed by atoms with Crippen molar-refractivity contribution in [2.75, 3.05) is 13.1 Å². The third-order valence-electron chi connectivity index (χ3n) is 4.89. The van der Waals surface area contributed by atoms with Gasteiger partial charge in [0.05, 0.1) is 6.54 Å². The van der Waals surface area contributed by atoms with Crippen LogP contribution in [0.5, 0.6) is 0 Å². The highest BCUT2D eigenvalue weighted by molar-refractivity contribution is 4.67. The minimum absolute atomic E-state index is 0.320. The quantitative estimate of drug-likeness (QED) is 0.201. The van der Waals surface area contributed by atoms with Crippen LogP contribution in [0.2, 0.25) is 0 Å². The van der Waals surface area contributed by atoms with E-state index in [1.54, 1.807) is 19.9 Å². The molecule has 0 aromatic carbocycles. The van der Waals surface area contributed by atoms with Gasteiger partial charge >= 0.3 is 0 Å². The molecule has 0 amide bonds. The molecule has 0 saturated carbocycles. The van der Waals surface area contributed by atoms with Gasteiger partial charge in [-0.1, -0.05) is 64.9 Å². The average molecular weight is 315 g/mol. The van der Waals surface area contributed by atoms with Crippen LogP contribution in [0.1, 0.15) is 85.0 Å². The molecule has 0 aliphatic rings. The maximum Gasteiger partial charge on any atom is 0.189 e. The van der Waals surface area contributed by atoms with Crippen molar-refractivity contribution in [2.24, 2.45) is 0 Å². The van der Waals surface area contributed by atoms with Crippen molar-refractivity contribution in [3.8, 4) is 0 Å². The lowest BCUT2D eigenvalue weighted by atomic mass is 10.1. The maximum atomic E-state index is 10.1. The molecule has 3 nitrogen and oxygen atoms in total. The molecule has 0 heterocycles. The Hall–Kier alpha value is -0.380. The molecular weight excluding hydrogens is 274 g/mol. The second-order valence-electron chi connectivity index (χ2n) is 6.74. The van der Waals surface area contributed by atoms with Gasteiger partial charge in [-0.25, -0.2) is 0 Å². The van der Waals surface area contributed by atoms with E-state index in [9.17, 15) is 10.2 Å². The van der Waals surface area contributed by atoms with Crippen molar-refractivity contribution < 1.29 is 14.7 Å². The summed E-state index contributed by atoms with van der Waals surface area (Å²) in [6, 6.07) is 0. The number of hydrogen-bond donors (Lipinski definition) is 2. The van der Waals surface area contributed by atoms with Crippen molar-refractivity contribution in [1.29, 1.82) is 0 Å². The number of aliphatic hydroxyl groups excluding tert-OH is 2. The third kappa shape index (κ3) is 8.30. The monoisotopic (exact) mass is 314 g/mol. The summed E-state index contributed by atoms with van der Waals surface area (Å²) in [4.78, 5) is 0. The van der Waals surface area contributed by atoms with E-state index >= 15 is 0 Å². The van der Waals surface area contributed by atoms with Crippen molar-refractivity contribution in [2.45, 2.75) is 97.4 Å². The summed E-state index contributed by atoms with van der Waals surface area (Å²) < 4.78 is 0.320. The van der Waals surface area contributed by atoms with Gasteiger partial charge in [-0.05, 0) is 18.9 Å². The van der Waals surface area contributed by atoms with Crippen LogP contribution in [0.15, 0.2) is 12.7 Å². The Labute approximate surface area is 138 Å². The number of hydrogen-bond acceptors (Lipinski definition) is 2. The lowest BCUT2D eigenvalue weighted by molar-refractivity contribution is -1.00. The molecule has 0 aromatic rings. The Kier molecular flexibility index (Phi) is 12.9. The summed E-state index contributed by atoms with van der Waals surface area (Å²) in [5.74, 6) is 0. The van der Waals surface area contributed by atoms with Gasteiger partial charge < -0.3 is 10.2 Å². The van der Waals surface area contributed by atoms with Crippen LogP contribution in [0.3, 0.4) is 0 Å². The SMILES string of the molecule is C=CC[N+](CCCCCCCCCCCC)(C(C)O)C(C)O. The van der Waals surface area contributed by atoms with Crippen molar-refractivity contribution in [3.05, 3.63) is 12.7 Å². The first-order valence-corrected chi connectivity index (χ1v) is 9.34. The lowest BCUT2D eigenvalue weighted by Gasteiger charge is -2.42. The average Bonchev–Trinajstić information content (AvgIpc) is 2.47. The van der Waals surface area contributed by atoms with Gasteiger partial charge in [0.15, 0.2) is 12.5 Å². The molecule has 22 heavy (non-hydrogen) atoms. The molecule has 0 fully saturated rings. The van der Waals surface area contributed by atoms with Gasteiger partial charge in [-0.3, -0.25) is 4.48 Å². The first-order chi connectivity index (χ1) is 10.5. The van der Waals surface area contributed by atoms with Crippen LogP contribution in [0, 0.1) is 0 Å². The zero-order valence-electron chi connectivity index (χ0n) is 15.3. The molecule has 0 aromatic heterocycles. The van der Waals surface area contributed by atoms with Crippen LogP contribution < -0.4 is 0 Å². The summed E-state index contributed by atoms with van der Waals surface area (Å²) >= 11 is 0. The molecule has 0 spiro atoms. The zero-order valence-corrected chi connectivity index (χ0v) is 15.3. The van der Waals surface area contributed by atoms with E-state index in [1.807, 2.05) is 0 Å². The molecule has 0 bridgehead atoms. The van der Waals surface area contributed by atoms with E-state index in [4.69, 9.17) is 0 Å². The van der Waals surface area contributed by atoms with Crippen LogP contribution >= 0.6 is 0 Å². The summed E-state index contributed by atoms with van der Waals surface area (Å²) in [7, 11) is 0. The van der Waals surface area contributed by atoms with E-state index in [0.717, 1.165) is 13.0 Å². The molecular formula is C19H40NO2+. The van der Waals surface area contributed by atoms with Gasteiger partial charge in [0, 0.05) is 13.8 Å². The standard InChI is InChI=1S/C19H40NO2/c1-5-7-8-9-10-11-12-13-14-15-17-20(16-6-2,18(3)21)19(4)22/h6,18-19,21-22H,2,5,7-17H2,1,3-4H3/q+1. The summed E-state index contributed by atoms with van der Waals surface area (Å²) in [5, 5.41) is 20.1. The summed E-state index contributed by atoms with van der Waals surface area (Å²) in [6.45, 7) is 11.0. The fraction of sp³-hybridized carbons (Fsp3) is 0.895. The predicted molar refractivity (Wildman–Crippen MR) is 95.4 cm³/mol. The molecule has 0 aliphatic heterocycles. The Balaban J connectivity index is 3.83. The minimum atomic E-state index is -0.559. The largest absolute Gasteiger partial charge is 0.345 e. The summed E-state index contributed by atoms with van der Waals surface area (Å²) in [5.41, 5.74) is 0. The van der Waals surface area contributed by atoms with E-state index in [0.29, 0.717) is 11.0 Å². The van der Waals surface area contributed by atoms with E-state index in [1.165, 1.54) is 57.8 Å². The highest BCUT2D eigenvalue weighted by atomic mass is 16.3. The highest BCUT2D eigenvalue weighted by Gasteiger charge is 2.35. The Morgan fingerprint density at radius 3 is 1.59 bits per heavy atom.